The molecule has 2 aromatic carbocycles. The maximum absolute atomic E-state index is 12.0. The molecule has 0 saturated heterocycles. The summed E-state index contributed by atoms with van der Waals surface area (Å²) in [5, 5.41) is 0. The molecular formula is C20H18BO2. The molecule has 1 radical (unpaired) electrons. The van der Waals surface area contributed by atoms with Crippen LogP contribution in [0.2, 0.25) is 6.82 Å². The average molecular weight is 301 g/mol. The standard InChI is InChI=1S/C20H18BO2/c1-21-23-20(15-13-18-10-6-3-7-11-18)16-19(22)14-12-17-8-4-2-5-9-17/h2-16H,1H3/b14-12+,15-13+,20-16-. The third kappa shape index (κ3) is 6.22. The Balaban J connectivity index is 2.07. The van der Waals surface area contributed by atoms with E-state index in [2.05, 4.69) is 0 Å². The molecule has 0 N–H and O–H groups in total. The molecule has 0 aromatic heterocycles. The van der Waals surface area contributed by atoms with Gasteiger partial charge in [0, 0.05) is 6.08 Å². The van der Waals surface area contributed by atoms with Crippen LogP contribution in [0, 0.1) is 0 Å². The van der Waals surface area contributed by atoms with Gasteiger partial charge in [0.25, 0.3) is 0 Å². The minimum atomic E-state index is -0.122. The third-order valence-electron chi connectivity index (χ3n) is 3.02. The van der Waals surface area contributed by atoms with E-state index in [1.165, 1.54) is 12.2 Å². The van der Waals surface area contributed by atoms with Gasteiger partial charge in [-0.2, -0.15) is 0 Å². The Morgan fingerprint density at radius 1 is 0.870 bits per heavy atom. The van der Waals surface area contributed by atoms with E-state index in [1.54, 1.807) is 26.5 Å². The van der Waals surface area contributed by atoms with Crippen LogP contribution in [0.1, 0.15) is 11.1 Å². The van der Waals surface area contributed by atoms with Crippen LogP contribution in [0.25, 0.3) is 12.2 Å². The fraction of sp³-hybridized carbons (Fsp3) is 0.0500. The van der Waals surface area contributed by atoms with E-state index in [9.17, 15) is 4.79 Å². The molecule has 0 fully saturated rings. The van der Waals surface area contributed by atoms with Crippen LogP contribution in [0.3, 0.4) is 0 Å². The maximum Gasteiger partial charge on any atom is 0.366 e. The van der Waals surface area contributed by atoms with Crippen LogP contribution in [-0.2, 0) is 9.45 Å². The second kappa shape index (κ2) is 9.26. The number of hydrogen-bond acceptors (Lipinski definition) is 2. The first-order chi connectivity index (χ1) is 11.3. The molecule has 0 saturated carbocycles. The largest absolute Gasteiger partial charge is 0.563 e. The average Bonchev–Trinajstić information content (AvgIpc) is 2.60. The summed E-state index contributed by atoms with van der Waals surface area (Å²) in [6, 6.07) is 19.6. The minimum absolute atomic E-state index is 0.122. The van der Waals surface area contributed by atoms with Gasteiger partial charge in [-0.1, -0.05) is 79.6 Å². The summed E-state index contributed by atoms with van der Waals surface area (Å²) in [6.45, 7) is 1.77. The van der Waals surface area contributed by atoms with Crippen molar-refractivity contribution in [3.05, 3.63) is 95.8 Å². The van der Waals surface area contributed by atoms with Crippen molar-refractivity contribution >= 4 is 25.4 Å². The van der Waals surface area contributed by atoms with Gasteiger partial charge in [-0.3, -0.25) is 4.79 Å². The van der Waals surface area contributed by atoms with Gasteiger partial charge in [-0.05, 0) is 23.3 Å². The number of hydrogen-bond donors (Lipinski definition) is 0. The fourth-order valence-corrected chi connectivity index (χ4v) is 1.93. The van der Waals surface area contributed by atoms with E-state index in [0.717, 1.165) is 11.1 Å². The number of rotatable bonds is 7. The fourth-order valence-electron chi connectivity index (χ4n) is 1.93. The Labute approximate surface area is 138 Å². The first-order valence-corrected chi connectivity index (χ1v) is 7.44. The summed E-state index contributed by atoms with van der Waals surface area (Å²) in [6.07, 6.45) is 8.48. The van der Waals surface area contributed by atoms with Crippen molar-refractivity contribution < 1.29 is 9.45 Å². The van der Waals surface area contributed by atoms with Crippen molar-refractivity contribution in [2.75, 3.05) is 0 Å². The summed E-state index contributed by atoms with van der Waals surface area (Å²) in [5.74, 6) is 0.377. The van der Waals surface area contributed by atoms with Crippen molar-refractivity contribution in [2.45, 2.75) is 6.82 Å². The first-order valence-electron chi connectivity index (χ1n) is 7.44. The number of benzene rings is 2. The van der Waals surface area contributed by atoms with Gasteiger partial charge in [0.15, 0.2) is 5.78 Å². The van der Waals surface area contributed by atoms with E-state index in [1.807, 2.05) is 66.7 Å². The third-order valence-corrected chi connectivity index (χ3v) is 3.02. The lowest BCUT2D eigenvalue weighted by molar-refractivity contribution is -0.110. The van der Waals surface area contributed by atoms with E-state index in [0.29, 0.717) is 5.76 Å². The van der Waals surface area contributed by atoms with Crippen molar-refractivity contribution in [1.82, 2.24) is 0 Å². The Morgan fingerprint density at radius 2 is 1.39 bits per heavy atom. The van der Waals surface area contributed by atoms with Gasteiger partial charge in [0.05, 0.1) is 0 Å². The minimum Gasteiger partial charge on any atom is -0.563 e. The van der Waals surface area contributed by atoms with E-state index in [-0.39, 0.29) is 5.78 Å². The number of allylic oxidation sites excluding steroid dienone is 3. The lowest BCUT2D eigenvalue weighted by atomic mass is 10.1. The molecular weight excluding hydrogens is 283 g/mol. The second-order valence-corrected chi connectivity index (χ2v) is 4.79. The summed E-state index contributed by atoms with van der Waals surface area (Å²) < 4.78 is 5.38. The molecule has 2 nitrogen and oxygen atoms in total. The molecule has 0 unspecified atom stereocenters. The van der Waals surface area contributed by atoms with Crippen LogP contribution in [-0.4, -0.2) is 13.3 Å². The van der Waals surface area contributed by atoms with E-state index >= 15 is 0 Å². The zero-order chi connectivity index (χ0) is 16.3. The second-order valence-electron chi connectivity index (χ2n) is 4.79. The normalized spacial score (nSPS) is 11.8. The predicted molar refractivity (Wildman–Crippen MR) is 96.7 cm³/mol. The van der Waals surface area contributed by atoms with Gasteiger partial charge in [-0.15, -0.1) is 0 Å². The van der Waals surface area contributed by atoms with Crippen molar-refractivity contribution in [1.29, 1.82) is 0 Å². The van der Waals surface area contributed by atoms with Gasteiger partial charge < -0.3 is 4.65 Å². The van der Waals surface area contributed by atoms with E-state index in [4.69, 9.17) is 4.65 Å². The van der Waals surface area contributed by atoms with E-state index < -0.39 is 0 Å². The smallest absolute Gasteiger partial charge is 0.366 e. The molecule has 0 amide bonds. The van der Waals surface area contributed by atoms with Crippen LogP contribution in [0.15, 0.2) is 84.7 Å². The molecule has 0 aliphatic heterocycles. The van der Waals surface area contributed by atoms with Crippen LogP contribution >= 0.6 is 0 Å². The molecule has 0 bridgehead atoms. The van der Waals surface area contributed by atoms with Crippen LogP contribution < -0.4 is 0 Å². The molecule has 23 heavy (non-hydrogen) atoms. The number of carbonyl (C=O) groups excluding carboxylic acids is 1. The molecule has 2 aromatic rings. The monoisotopic (exact) mass is 301 g/mol. The van der Waals surface area contributed by atoms with Crippen LogP contribution in [0.4, 0.5) is 0 Å². The zero-order valence-electron chi connectivity index (χ0n) is 13.1. The summed E-state index contributed by atoms with van der Waals surface area (Å²) in [7, 11) is 1.55. The highest BCUT2D eigenvalue weighted by Gasteiger charge is 1.98. The number of ketones is 1. The van der Waals surface area contributed by atoms with Gasteiger partial charge >= 0.3 is 7.48 Å². The zero-order valence-corrected chi connectivity index (χ0v) is 13.1. The van der Waals surface area contributed by atoms with Gasteiger partial charge in [0.2, 0.25) is 0 Å². The topological polar surface area (TPSA) is 26.3 Å². The molecule has 0 atom stereocenters. The Bertz CT molecular complexity index is 701. The molecule has 0 spiro atoms. The van der Waals surface area contributed by atoms with Crippen molar-refractivity contribution in [3.8, 4) is 0 Å². The van der Waals surface area contributed by atoms with Crippen molar-refractivity contribution in [3.63, 3.8) is 0 Å². The highest BCUT2D eigenvalue weighted by Crippen LogP contribution is 2.07. The molecule has 0 heterocycles. The van der Waals surface area contributed by atoms with Crippen LogP contribution in [0.5, 0.6) is 0 Å². The molecule has 2 rings (SSSR count). The summed E-state index contributed by atoms with van der Waals surface area (Å²) in [4.78, 5) is 12.0. The maximum atomic E-state index is 12.0. The predicted octanol–water partition coefficient (Wildman–Crippen LogP) is 4.55. The summed E-state index contributed by atoms with van der Waals surface area (Å²) in [5.41, 5.74) is 2.03. The highest BCUT2D eigenvalue weighted by atomic mass is 16.4. The Morgan fingerprint density at radius 3 is 1.91 bits per heavy atom. The molecule has 3 heteroatoms. The Hall–Kier alpha value is -2.81. The SMILES string of the molecule is C[B]OC(=C\C(=O)/C=C/c1ccccc1)/C=C/c1ccccc1. The first kappa shape index (κ1) is 16.6. The quantitative estimate of drug-likeness (QED) is 0.324. The molecule has 0 aliphatic rings. The molecule has 0 aliphatic carbocycles. The molecule has 113 valence electrons. The lowest BCUT2D eigenvalue weighted by Crippen LogP contribution is -1.96. The Kier molecular flexibility index (Phi) is 6.67. The summed E-state index contributed by atoms with van der Waals surface area (Å²) >= 11 is 0. The highest BCUT2D eigenvalue weighted by molar-refractivity contribution is 6.25. The lowest BCUT2D eigenvalue weighted by Gasteiger charge is -2.02. The van der Waals surface area contributed by atoms with Crippen molar-refractivity contribution in [2.24, 2.45) is 0 Å². The number of carbonyl (C=O) groups is 1. The van der Waals surface area contributed by atoms with Gasteiger partial charge in [0.1, 0.15) is 5.76 Å². The van der Waals surface area contributed by atoms with Gasteiger partial charge in [-0.25, -0.2) is 0 Å².